The van der Waals surface area contributed by atoms with Gasteiger partial charge >= 0.3 is 6.18 Å². The summed E-state index contributed by atoms with van der Waals surface area (Å²) >= 11 is 0. The molecule has 0 amide bonds. The Labute approximate surface area is 85.6 Å². The van der Waals surface area contributed by atoms with E-state index in [-0.39, 0.29) is 0 Å². The molecule has 0 atom stereocenters. The summed E-state index contributed by atoms with van der Waals surface area (Å²) in [4.78, 5) is 3.53. The molecule has 0 bridgehead atoms. The summed E-state index contributed by atoms with van der Waals surface area (Å²) in [6.07, 6.45) is 1.77. The quantitative estimate of drug-likeness (QED) is 0.842. The fourth-order valence-corrected chi connectivity index (χ4v) is 1.02. The van der Waals surface area contributed by atoms with Crippen molar-refractivity contribution in [1.29, 1.82) is 0 Å². The number of halogens is 3. The number of hydrogen-bond acceptors (Lipinski definition) is 2. The zero-order valence-electron chi connectivity index (χ0n) is 7.96. The summed E-state index contributed by atoms with van der Waals surface area (Å²) in [6, 6.07) is 1.06. The zero-order chi connectivity index (χ0) is 11.3. The highest BCUT2D eigenvalue weighted by molar-refractivity contribution is 5.48. The molecule has 0 saturated heterocycles. The van der Waals surface area contributed by atoms with Crippen LogP contribution in [0.2, 0.25) is 0 Å². The van der Waals surface area contributed by atoms with Crippen molar-refractivity contribution >= 4 is 6.08 Å². The van der Waals surface area contributed by atoms with Gasteiger partial charge in [-0.25, -0.2) is 0 Å². The topological polar surface area (TPSA) is 38.9 Å². The van der Waals surface area contributed by atoms with Crippen molar-refractivity contribution in [2.75, 3.05) is 6.54 Å². The third kappa shape index (κ3) is 3.71. The minimum atomic E-state index is -4.34. The lowest BCUT2D eigenvalue weighted by atomic mass is 10.2. The largest absolute Gasteiger partial charge is 0.417 e. The molecule has 15 heavy (non-hydrogen) atoms. The monoisotopic (exact) mass is 216 g/mol. The maximum Gasteiger partial charge on any atom is 0.417 e. The van der Waals surface area contributed by atoms with Crippen molar-refractivity contribution < 1.29 is 13.2 Å². The third-order valence-electron chi connectivity index (χ3n) is 1.73. The third-order valence-corrected chi connectivity index (χ3v) is 1.73. The molecular formula is C10H11F3N2. The molecule has 0 aliphatic rings. The van der Waals surface area contributed by atoms with Gasteiger partial charge in [-0.3, -0.25) is 4.98 Å². The van der Waals surface area contributed by atoms with E-state index in [1.807, 2.05) is 0 Å². The molecule has 0 aromatic carbocycles. The van der Waals surface area contributed by atoms with Crippen LogP contribution in [0.3, 0.4) is 0 Å². The molecule has 2 nitrogen and oxygen atoms in total. The average molecular weight is 216 g/mol. The van der Waals surface area contributed by atoms with Crippen LogP contribution in [0, 0.1) is 0 Å². The van der Waals surface area contributed by atoms with Crippen molar-refractivity contribution in [3.63, 3.8) is 0 Å². The predicted octanol–water partition coefficient (Wildman–Crippen LogP) is 2.46. The average Bonchev–Trinajstić information content (AvgIpc) is 2.17. The summed E-state index contributed by atoms with van der Waals surface area (Å²) < 4.78 is 36.8. The molecule has 5 heteroatoms. The molecule has 1 heterocycles. The van der Waals surface area contributed by atoms with Gasteiger partial charge in [-0.05, 0) is 24.6 Å². The Hall–Kier alpha value is -1.36. The zero-order valence-corrected chi connectivity index (χ0v) is 7.96. The summed E-state index contributed by atoms with van der Waals surface area (Å²) in [6.45, 7) is 0.475. The number of nitrogens with zero attached hydrogens (tertiary/aromatic N) is 1. The smallest absolute Gasteiger partial charge is 0.330 e. The second-order valence-corrected chi connectivity index (χ2v) is 2.98. The van der Waals surface area contributed by atoms with E-state index in [0.717, 1.165) is 12.3 Å². The number of nitrogens with two attached hydrogens (primary N) is 1. The van der Waals surface area contributed by atoms with E-state index < -0.39 is 11.7 Å². The number of rotatable bonds is 3. The fourth-order valence-electron chi connectivity index (χ4n) is 1.02. The lowest BCUT2D eigenvalue weighted by molar-refractivity contribution is -0.137. The van der Waals surface area contributed by atoms with Crippen molar-refractivity contribution in [2.24, 2.45) is 5.73 Å². The molecule has 82 valence electrons. The van der Waals surface area contributed by atoms with Crippen molar-refractivity contribution in [3.05, 3.63) is 35.7 Å². The van der Waals surface area contributed by atoms with Gasteiger partial charge in [-0.2, -0.15) is 13.2 Å². The van der Waals surface area contributed by atoms with Crippen molar-refractivity contribution in [1.82, 2.24) is 4.98 Å². The molecular weight excluding hydrogens is 205 g/mol. The number of pyridine rings is 1. The van der Waals surface area contributed by atoms with Crippen LogP contribution in [0.4, 0.5) is 13.2 Å². The van der Waals surface area contributed by atoms with Crippen LogP contribution in [0.5, 0.6) is 0 Å². The Morgan fingerprint density at radius 3 is 2.67 bits per heavy atom. The van der Waals surface area contributed by atoms with Gasteiger partial charge in [-0.15, -0.1) is 0 Å². The van der Waals surface area contributed by atoms with Gasteiger partial charge in [0.2, 0.25) is 0 Å². The number of hydrogen-bond donors (Lipinski definition) is 1. The standard InChI is InChI=1S/C10H11F3N2/c11-10(12,13)9-5-8(6-15-7-9)3-1-2-4-14/h1,3,5-7H,2,4,14H2. The van der Waals surface area contributed by atoms with Gasteiger partial charge < -0.3 is 5.73 Å². The van der Waals surface area contributed by atoms with Crippen LogP contribution in [-0.4, -0.2) is 11.5 Å². The van der Waals surface area contributed by atoms with Gasteiger partial charge in [0.15, 0.2) is 0 Å². The first kappa shape index (κ1) is 11.7. The minimum Gasteiger partial charge on any atom is -0.330 e. The maximum atomic E-state index is 12.3. The summed E-state index contributed by atoms with van der Waals surface area (Å²) in [5.74, 6) is 0. The Balaban J connectivity index is 2.84. The summed E-state index contributed by atoms with van der Waals surface area (Å²) in [5.41, 5.74) is 4.94. The van der Waals surface area contributed by atoms with Gasteiger partial charge in [0.1, 0.15) is 0 Å². The fraction of sp³-hybridized carbons (Fsp3) is 0.300. The minimum absolute atomic E-state index is 0.429. The first-order valence-electron chi connectivity index (χ1n) is 4.43. The van der Waals surface area contributed by atoms with Gasteiger partial charge in [0, 0.05) is 12.4 Å². The van der Waals surface area contributed by atoms with Gasteiger partial charge in [0.05, 0.1) is 5.56 Å². The second-order valence-electron chi connectivity index (χ2n) is 2.98. The number of alkyl halides is 3. The highest BCUT2D eigenvalue weighted by atomic mass is 19.4. The van der Waals surface area contributed by atoms with Gasteiger partial charge in [-0.1, -0.05) is 12.2 Å². The van der Waals surface area contributed by atoms with E-state index in [1.54, 1.807) is 12.2 Å². The van der Waals surface area contributed by atoms with E-state index in [9.17, 15) is 13.2 Å². The summed E-state index contributed by atoms with van der Waals surface area (Å²) in [7, 11) is 0. The molecule has 0 aliphatic carbocycles. The molecule has 1 rings (SSSR count). The van der Waals surface area contributed by atoms with E-state index >= 15 is 0 Å². The van der Waals surface area contributed by atoms with E-state index in [0.29, 0.717) is 18.5 Å². The van der Waals surface area contributed by atoms with Crippen molar-refractivity contribution in [2.45, 2.75) is 12.6 Å². The normalized spacial score (nSPS) is 12.3. The van der Waals surface area contributed by atoms with Crippen molar-refractivity contribution in [3.8, 4) is 0 Å². The Bertz CT molecular complexity index is 345. The van der Waals surface area contributed by atoms with E-state index in [2.05, 4.69) is 4.98 Å². The van der Waals surface area contributed by atoms with Gasteiger partial charge in [0.25, 0.3) is 0 Å². The van der Waals surface area contributed by atoms with Crippen LogP contribution < -0.4 is 5.73 Å². The molecule has 1 aromatic rings. The molecule has 0 radical (unpaired) electrons. The lowest BCUT2D eigenvalue weighted by Crippen LogP contribution is -2.05. The molecule has 0 saturated carbocycles. The highest BCUT2D eigenvalue weighted by Gasteiger charge is 2.30. The Morgan fingerprint density at radius 2 is 2.07 bits per heavy atom. The first-order valence-corrected chi connectivity index (χ1v) is 4.43. The molecule has 2 N–H and O–H groups in total. The van der Waals surface area contributed by atoms with Crippen LogP contribution in [0.25, 0.3) is 6.08 Å². The molecule has 0 unspecified atom stereocenters. The van der Waals surface area contributed by atoms with E-state index in [1.165, 1.54) is 6.20 Å². The molecule has 0 fully saturated rings. The first-order chi connectivity index (χ1) is 7.04. The van der Waals surface area contributed by atoms with Crippen LogP contribution >= 0.6 is 0 Å². The van der Waals surface area contributed by atoms with Crippen LogP contribution in [0.15, 0.2) is 24.5 Å². The second kappa shape index (κ2) is 4.93. The summed E-state index contributed by atoms with van der Waals surface area (Å²) in [5, 5.41) is 0. The molecule has 0 spiro atoms. The van der Waals surface area contributed by atoms with Crippen LogP contribution in [0.1, 0.15) is 17.5 Å². The van der Waals surface area contributed by atoms with Crippen LogP contribution in [-0.2, 0) is 6.18 Å². The Morgan fingerprint density at radius 1 is 1.33 bits per heavy atom. The molecule has 0 aliphatic heterocycles. The Kier molecular flexibility index (Phi) is 3.85. The van der Waals surface area contributed by atoms with E-state index in [4.69, 9.17) is 5.73 Å². The number of aromatic nitrogens is 1. The highest BCUT2D eigenvalue weighted by Crippen LogP contribution is 2.29. The SMILES string of the molecule is NCCC=Cc1cncc(C(F)(F)F)c1. The molecule has 1 aromatic heterocycles. The maximum absolute atomic E-state index is 12.3. The lowest BCUT2D eigenvalue weighted by Gasteiger charge is -2.05. The predicted molar refractivity (Wildman–Crippen MR) is 51.9 cm³/mol.